The first-order valence-electron chi connectivity index (χ1n) is 12.4. The first-order valence-corrected chi connectivity index (χ1v) is 14.5. The van der Waals surface area contributed by atoms with E-state index < -0.39 is 13.9 Å². The van der Waals surface area contributed by atoms with Crippen molar-refractivity contribution in [1.82, 2.24) is 4.90 Å². The van der Waals surface area contributed by atoms with Crippen molar-refractivity contribution in [2.45, 2.75) is 90.0 Å². The maximum absolute atomic E-state index is 13.1. The van der Waals surface area contributed by atoms with Gasteiger partial charge in [-0.2, -0.15) is 0 Å². The number of allylic oxidation sites excluding steroid dienone is 1. The fraction of sp³-hybridized carbons (Fsp3) is 0.630. The fourth-order valence-corrected chi connectivity index (χ4v) is 12.1. The number of ether oxygens (including phenoxy) is 1. The highest BCUT2D eigenvalue weighted by atomic mass is 28.4. The number of fused-ring (bicyclic) bond motifs is 5. The van der Waals surface area contributed by atoms with Gasteiger partial charge in [-0.25, -0.2) is 0 Å². The Morgan fingerprint density at radius 2 is 1.64 bits per heavy atom. The molecule has 0 saturated carbocycles. The van der Waals surface area contributed by atoms with Gasteiger partial charge >= 0.3 is 0 Å². The van der Waals surface area contributed by atoms with E-state index in [2.05, 4.69) is 67.5 Å². The van der Waals surface area contributed by atoms with Crippen molar-refractivity contribution in [2.75, 3.05) is 7.05 Å². The Morgan fingerprint density at radius 1 is 1.03 bits per heavy atom. The largest absolute Gasteiger partial charge is 0.543 e. The predicted octanol–water partition coefficient (Wildman–Crippen LogP) is 6.06. The first kappa shape index (κ1) is 24.1. The molecule has 5 nitrogen and oxygen atoms in total. The lowest BCUT2D eigenvalue weighted by Crippen LogP contribution is -2.50. The summed E-state index contributed by atoms with van der Waals surface area (Å²) in [5.41, 5.74) is 2.96. The number of hydrogen-bond acceptors (Lipinski definition) is 4. The summed E-state index contributed by atoms with van der Waals surface area (Å²) >= 11 is 0. The SMILES string of the molecule is CC(C)[Si](Oc1ccc2c(c1)OC(C)(C)C1=CC[C@H]3C(=O)N(C)C(=O)[C@H]3[C@H]12)(C(C)C)C(C)C. The van der Waals surface area contributed by atoms with Crippen LogP contribution in [0.25, 0.3) is 0 Å². The van der Waals surface area contributed by atoms with Gasteiger partial charge in [-0.05, 0) is 48.5 Å². The number of amides is 2. The Labute approximate surface area is 199 Å². The average Bonchev–Trinajstić information content (AvgIpc) is 2.94. The lowest BCUT2D eigenvalue weighted by atomic mass is 9.65. The van der Waals surface area contributed by atoms with Gasteiger partial charge in [0.15, 0.2) is 0 Å². The van der Waals surface area contributed by atoms with E-state index in [-0.39, 0.29) is 29.6 Å². The molecular weight excluding hydrogens is 430 g/mol. The van der Waals surface area contributed by atoms with Gasteiger partial charge in [-0.3, -0.25) is 14.5 Å². The van der Waals surface area contributed by atoms with Crippen LogP contribution in [-0.4, -0.2) is 37.7 Å². The molecule has 2 heterocycles. The topological polar surface area (TPSA) is 55.8 Å². The molecule has 0 aromatic heterocycles. The molecule has 1 saturated heterocycles. The zero-order chi connectivity index (χ0) is 24.5. The Bertz CT molecular complexity index is 988. The molecule has 0 spiro atoms. The van der Waals surface area contributed by atoms with E-state index in [9.17, 15) is 9.59 Å². The highest BCUT2D eigenvalue weighted by Gasteiger charge is 2.56. The summed E-state index contributed by atoms with van der Waals surface area (Å²) in [6, 6.07) is 6.13. The second-order valence-corrected chi connectivity index (χ2v) is 16.8. The van der Waals surface area contributed by atoms with Crippen molar-refractivity contribution in [1.29, 1.82) is 0 Å². The lowest BCUT2D eigenvalue weighted by Gasteiger charge is -2.46. The molecule has 0 N–H and O–H groups in total. The smallest absolute Gasteiger partial charge is 0.258 e. The Hall–Kier alpha value is -2.08. The lowest BCUT2D eigenvalue weighted by molar-refractivity contribution is -0.138. The van der Waals surface area contributed by atoms with E-state index in [0.717, 1.165) is 22.6 Å². The maximum Gasteiger partial charge on any atom is 0.258 e. The van der Waals surface area contributed by atoms with Crippen LogP contribution in [-0.2, 0) is 9.59 Å². The van der Waals surface area contributed by atoms with Crippen LogP contribution in [0.1, 0.15) is 73.3 Å². The van der Waals surface area contributed by atoms with Gasteiger partial charge < -0.3 is 9.16 Å². The summed E-state index contributed by atoms with van der Waals surface area (Å²) in [7, 11) is -0.497. The van der Waals surface area contributed by atoms with Crippen molar-refractivity contribution >= 4 is 20.1 Å². The Kier molecular flexibility index (Phi) is 5.83. The molecule has 180 valence electrons. The maximum atomic E-state index is 13.1. The molecule has 3 atom stereocenters. The predicted molar refractivity (Wildman–Crippen MR) is 133 cm³/mol. The van der Waals surface area contributed by atoms with Crippen LogP contribution in [0.5, 0.6) is 11.5 Å². The number of carbonyl (C=O) groups excluding carboxylic acids is 2. The van der Waals surface area contributed by atoms with Crippen molar-refractivity contribution in [3.63, 3.8) is 0 Å². The molecule has 1 aromatic carbocycles. The highest BCUT2D eigenvalue weighted by molar-refractivity contribution is 6.78. The van der Waals surface area contributed by atoms with Crippen molar-refractivity contribution < 1.29 is 18.8 Å². The van der Waals surface area contributed by atoms with Crippen LogP contribution < -0.4 is 9.16 Å². The molecule has 6 heteroatoms. The van der Waals surface area contributed by atoms with Crippen LogP contribution in [0.4, 0.5) is 0 Å². The standard InChI is InChI=1S/C27H39NO4Si/c1-15(2)33(16(3)4,17(5)6)32-18-10-11-19-22(14-18)31-27(7,8)21-13-12-20-24(23(19)21)26(30)28(9)25(20)29/h10-11,13-17,20,23-24H,12H2,1-9H3/t20-,23+,24-/m1/s1. The van der Waals surface area contributed by atoms with Gasteiger partial charge in [0.2, 0.25) is 11.8 Å². The highest BCUT2D eigenvalue weighted by Crippen LogP contribution is 2.56. The third kappa shape index (κ3) is 3.47. The van der Waals surface area contributed by atoms with Crippen molar-refractivity contribution in [3.8, 4) is 11.5 Å². The van der Waals surface area contributed by atoms with Gasteiger partial charge in [0.05, 0.1) is 11.8 Å². The van der Waals surface area contributed by atoms with E-state index in [0.29, 0.717) is 23.0 Å². The van der Waals surface area contributed by atoms with Gasteiger partial charge in [0.25, 0.3) is 8.32 Å². The zero-order valence-electron chi connectivity index (χ0n) is 21.6. The number of nitrogens with zero attached hydrogens (tertiary/aromatic N) is 1. The minimum absolute atomic E-state index is 0.0623. The van der Waals surface area contributed by atoms with Crippen LogP contribution in [0, 0.1) is 11.8 Å². The molecule has 1 fully saturated rings. The van der Waals surface area contributed by atoms with Crippen LogP contribution >= 0.6 is 0 Å². The normalized spacial score (nSPS) is 26.2. The second kappa shape index (κ2) is 8.00. The summed E-state index contributed by atoms with van der Waals surface area (Å²) in [5.74, 6) is 0.708. The van der Waals surface area contributed by atoms with Crippen molar-refractivity contribution in [2.24, 2.45) is 11.8 Å². The minimum Gasteiger partial charge on any atom is -0.543 e. The monoisotopic (exact) mass is 469 g/mol. The number of rotatable bonds is 5. The van der Waals surface area contributed by atoms with E-state index in [1.54, 1.807) is 7.05 Å². The molecule has 3 aliphatic rings. The third-order valence-corrected chi connectivity index (χ3v) is 14.4. The van der Waals surface area contributed by atoms with Gasteiger partial charge in [0, 0.05) is 24.6 Å². The Balaban J connectivity index is 1.79. The van der Waals surface area contributed by atoms with Gasteiger partial charge in [-0.15, -0.1) is 0 Å². The van der Waals surface area contributed by atoms with E-state index in [1.807, 2.05) is 12.1 Å². The van der Waals surface area contributed by atoms with E-state index >= 15 is 0 Å². The minimum atomic E-state index is -2.11. The summed E-state index contributed by atoms with van der Waals surface area (Å²) in [6.45, 7) is 17.8. The van der Waals surface area contributed by atoms with Gasteiger partial charge in [-0.1, -0.05) is 53.7 Å². The molecule has 0 radical (unpaired) electrons. The molecule has 1 aromatic rings. The molecular formula is C27H39NO4Si. The van der Waals surface area contributed by atoms with Crippen LogP contribution in [0.2, 0.25) is 16.6 Å². The molecule has 0 unspecified atom stereocenters. The number of imide groups is 1. The molecule has 4 rings (SSSR count). The van der Waals surface area contributed by atoms with E-state index in [1.165, 1.54) is 4.90 Å². The summed E-state index contributed by atoms with van der Waals surface area (Å²) in [4.78, 5) is 27.2. The second-order valence-electron chi connectivity index (χ2n) is 11.5. The fourth-order valence-electron chi connectivity index (χ4n) is 6.90. The van der Waals surface area contributed by atoms with Crippen LogP contribution in [0.15, 0.2) is 29.8 Å². The van der Waals surface area contributed by atoms with E-state index in [4.69, 9.17) is 9.16 Å². The molecule has 2 aliphatic heterocycles. The summed E-state index contributed by atoms with van der Waals surface area (Å²) < 4.78 is 13.4. The molecule has 0 bridgehead atoms. The summed E-state index contributed by atoms with van der Waals surface area (Å²) in [6.07, 6.45) is 2.73. The number of carbonyl (C=O) groups is 2. The number of likely N-dealkylation sites (tertiary alicyclic amines) is 1. The summed E-state index contributed by atoms with van der Waals surface area (Å²) in [5, 5.41) is 0. The number of benzene rings is 1. The molecule has 2 amide bonds. The Morgan fingerprint density at radius 3 is 2.21 bits per heavy atom. The molecule has 33 heavy (non-hydrogen) atoms. The zero-order valence-corrected chi connectivity index (χ0v) is 22.6. The van der Waals surface area contributed by atoms with Crippen molar-refractivity contribution in [3.05, 3.63) is 35.4 Å². The van der Waals surface area contributed by atoms with Crippen LogP contribution in [0.3, 0.4) is 0 Å². The first-order chi connectivity index (χ1) is 15.3. The molecule has 1 aliphatic carbocycles. The third-order valence-electron chi connectivity index (χ3n) is 8.37. The quantitative estimate of drug-likeness (QED) is 0.299. The number of hydrogen-bond donors (Lipinski definition) is 0. The van der Waals surface area contributed by atoms with Gasteiger partial charge in [0.1, 0.15) is 17.1 Å². The average molecular weight is 470 g/mol.